The molecule has 7 aromatic carbocycles. The summed E-state index contributed by atoms with van der Waals surface area (Å²) in [5, 5.41) is 12.0. The molecule has 0 aliphatic heterocycles. The van der Waals surface area contributed by atoms with Crippen molar-refractivity contribution in [3.05, 3.63) is 212 Å². The molecule has 3 heterocycles. The lowest BCUT2D eigenvalue weighted by Crippen LogP contribution is -1.92. The van der Waals surface area contributed by atoms with Crippen LogP contribution in [0, 0.1) is 11.3 Å². The normalized spacial score (nSPS) is 11.3. The maximum absolute atomic E-state index is 9.54. The van der Waals surface area contributed by atoms with Crippen LogP contribution in [0.4, 0.5) is 0 Å². The highest BCUT2D eigenvalue weighted by Crippen LogP contribution is 2.52. The monoisotopic (exact) mass is 762 g/mol. The largest absolute Gasteiger partial charge is 0.256 e. The molecule has 10 aromatic rings. The van der Waals surface area contributed by atoms with Crippen molar-refractivity contribution in [1.82, 2.24) is 15.0 Å². The van der Waals surface area contributed by atoms with Gasteiger partial charge >= 0.3 is 0 Å². The van der Waals surface area contributed by atoms with Crippen molar-refractivity contribution in [3.8, 4) is 107 Å². The van der Waals surface area contributed by atoms with E-state index in [4.69, 9.17) is 4.98 Å². The first kappa shape index (κ1) is 34.9. The fraction of sp³-hybridized carbons (Fsp3) is 0. The predicted octanol–water partition coefficient (Wildman–Crippen LogP) is 14.2. The molecule has 0 unspecified atom stereocenters. The van der Waals surface area contributed by atoms with Crippen molar-refractivity contribution in [1.29, 1.82) is 5.26 Å². The van der Waals surface area contributed by atoms with Gasteiger partial charge in [-0.3, -0.25) is 9.97 Å². The van der Waals surface area contributed by atoms with Gasteiger partial charge in [0.15, 0.2) is 0 Å². The number of hydrogen-bond donors (Lipinski definition) is 0. The van der Waals surface area contributed by atoms with Crippen LogP contribution in [0.1, 0.15) is 5.56 Å². The first-order chi connectivity index (χ1) is 29.7. The van der Waals surface area contributed by atoms with E-state index in [1.54, 1.807) is 0 Å². The van der Waals surface area contributed by atoms with Crippen molar-refractivity contribution in [2.24, 2.45) is 0 Å². The van der Waals surface area contributed by atoms with Gasteiger partial charge in [-0.15, -0.1) is 0 Å². The van der Waals surface area contributed by atoms with E-state index < -0.39 is 0 Å². The zero-order chi connectivity index (χ0) is 40.0. The van der Waals surface area contributed by atoms with Crippen molar-refractivity contribution >= 4 is 10.8 Å². The first-order valence-electron chi connectivity index (χ1n) is 20.1. The van der Waals surface area contributed by atoms with Gasteiger partial charge in [-0.1, -0.05) is 146 Å². The van der Waals surface area contributed by atoms with E-state index in [9.17, 15) is 5.26 Å². The molecule has 0 N–H and O–H groups in total. The highest BCUT2D eigenvalue weighted by atomic mass is 14.7. The second kappa shape index (κ2) is 14.6. The third-order valence-electron chi connectivity index (χ3n) is 11.6. The van der Waals surface area contributed by atoms with Crippen LogP contribution in [0.3, 0.4) is 0 Å². The van der Waals surface area contributed by atoms with E-state index in [2.05, 4.69) is 162 Å². The quantitative estimate of drug-likeness (QED) is 0.162. The van der Waals surface area contributed by atoms with Gasteiger partial charge in [0.05, 0.1) is 34.4 Å². The highest BCUT2D eigenvalue weighted by molar-refractivity contribution is 6.22. The molecule has 0 bridgehead atoms. The number of pyridine rings is 3. The average molecular weight is 763 g/mol. The molecular weight excluding hydrogens is 729 g/mol. The number of aromatic nitrogens is 3. The Labute approximate surface area is 348 Å². The lowest BCUT2D eigenvalue weighted by molar-refractivity contribution is 1.31. The van der Waals surface area contributed by atoms with Gasteiger partial charge in [-0.05, 0) is 115 Å². The average Bonchev–Trinajstić information content (AvgIpc) is 3.66. The van der Waals surface area contributed by atoms with Crippen LogP contribution in [-0.2, 0) is 0 Å². The highest BCUT2D eigenvalue weighted by Gasteiger charge is 2.25. The number of hydrogen-bond acceptors (Lipinski definition) is 4. The summed E-state index contributed by atoms with van der Waals surface area (Å²) in [5.41, 5.74) is 20.2. The number of nitriles is 1. The van der Waals surface area contributed by atoms with Crippen LogP contribution in [0.15, 0.2) is 207 Å². The number of benzene rings is 7. The van der Waals surface area contributed by atoms with E-state index in [0.717, 1.165) is 78.4 Å². The van der Waals surface area contributed by atoms with Gasteiger partial charge in [0, 0.05) is 34.6 Å². The molecule has 0 saturated carbocycles. The molecule has 0 spiro atoms. The molecule has 0 fully saturated rings. The maximum atomic E-state index is 9.54. The minimum absolute atomic E-state index is 0.650. The van der Waals surface area contributed by atoms with E-state index in [-0.39, 0.29) is 0 Å². The van der Waals surface area contributed by atoms with Crippen LogP contribution in [0.25, 0.3) is 111 Å². The molecule has 11 rings (SSSR count). The Balaban J connectivity index is 1.02. The standard InChI is InChI=1S/C56H34N4/c57-35-36-11-13-38(14-12-36)45-27-29-49-47-7-1-2-8-48(47)50-30-28-46(55(45)56(49)50)39-17-21-42(22-18-39)53-33-44(37-15-19-40(20-16-37)51-9-3-5-31-58-51)34-54(60-53)43-25-23-41(24-26-43)52-10-4-6-32-59-52/h1-34H. The van der Waals surface area contributed by atoms with Crippen LogP contribution < -0.4 is 0 Å². The van der Waals surface area contributed by atoms with Crippen LogP contribution in [-0.4, -0.2) is 15.0 Å². The second-order valence-corrected chi connectivity index (χ2v) is 15.1. The van der Waals surface area contributed by atoms with Gasteiger partial charge in [-0.2, -0.15) is 5.26 Å². The van der Waals surface area contributed by atoms with Crippen LogP contribution in [0.5, 0.6) is 0 Å². The molecule has 0 amide bonds. The molecular formula is C56H34N4. The summed E-state index contributed by atoms with van der Waals surface area (Å²) < 4.78 is 0. The molecule has 3 aromatic heterocycles. The van der Waals surface area contributed by atoms with Gasteiger partial charge < -0.3 is 0 Å². The Kier molecular flexibility index (Phi) is 8.50. The van der Waals surface area contributed by atoms with Crippen molar-refractivity contribution < 1.29 is 0 Å². The summed E-state index contributed by atoms with van der Waals surface area (Å²) >= 11 is 0. The third-order valence-corrected chi connectivity index (χ3v) is 11.6. The molecule has 1 aliphatic rings. The Hall–Kier alpha value is -8.26. The first-order valence-corrected chi connectivity index (χ1v) is 20.1. The van der Waals surface area contributed by atoms with Crippen LogP contribution >= 0.6 is 0 Å². The smallest absolute Gasteiger partial charge is 0.0991 e. The van der Waals surface area contributed by atoms with Crippen molar-refractivity contribution in [2.75, 3.05) is 0 Å². The predicted molar refractivity (Wildman–Crippen MR) is 245 cm³/mol. The Morgan fingerprint density at radius 2 is 0.683 bits per heavy atom. The molecule has 278 valence electrons. The fourth-order valence-electron chi connectivity index (χ4n) is 8.63. The molecule has 0 atom stereocenters. The van der Waals surface area contributed by atoms with Gasteiger partial charge in [0.25, 0.3) is 0 Å². The van der Waals surface area contributed by atoms with E-state index in [1.807, 2.05) is 60.9 Å². The zero-order valence-corrected chi connectivity index (χ0v) is 32.4. The minimum atomic E-state index is 0.650. The Morgan fingerprint density at radius 1 is 0.300 bits per heavy atom. The van der Waals surface area contributed by atoms with E-state index in [0.29, 0.717) is 5.56 Å². The SMILES string of the molecule is N#Cc1ccc(-c2ccc3c4c(ccc(-c5ccc(-c6cc(-c7ccc(-c8ccccn8)cc7)cc(-c7ccc(-c8ccccn8)cc7)n6)cc5)c24)-c2ccccc2-3)cc1. The lowest BCUT2D eigenvalue weighted by atomic mass is 9.88. The third kappa shape index (κ3) is 6.14. The van der Waals surface area contributed by atoms with E-state index >= 15 is 0 Å². The molecule has 4 nitrogen and oxygen atoms in total. The zero-order valence-electron chi connectivity index (χ0n) is 32.4. The molecule has 4 heteroatoms. The topological polar surface area (TPSA) is 62.5 Å². The van der Waals surface area contributed by atoms with Gasteiger partial charge in [0.1, 0.15) is 0 Å². The Morgan fingerprint density at radius 3 is 1.13 bits per heavy atom. The summed E-state index contributed by atoms with van der Waals surface area (Å²) in [6.45, 7) is 0. The summed E-state index contributed by atoms with van der Waals surface area (Å²) in [4.78, 5) is 14.4. The van der Waals surface area contributed by atoms with Crippen molar-refractivity contribution in [3.63, 3.8) is 0 Å². The lowest BCUT2D eigenvalue weighted by Gasteiger charge is -2.16. The minimum Gasteiger partial charge on any atom is -0.256 e. The van der Waals surface area contributed by atoms with Gasteiger partial charge in [0.2, 0.25) is 0 Å². The summed E-state index contributed by atoms with van der Waals surface area (Å²) in [7, 11) is 0. The maximum Gasteiger partial charge on any atom is 0.0991 e. The summed E-state index contributed by atoms with van der Waals surface area (Å²) in [6, 6.07) is 70.2. The molecule has 1 aliphatic carbocycles. The molecule has 0 saturated heterocycles. The second-order valence-electron chi connectivity index (χ2n) is 15.1. The van der Waals surface area contributed by atoms with E-state index in [1.165, 1.54) is 33.0 Å². The number of rotatable bonds is 7. The number of fused-ring (bicyclic) bond motifs is 3. The summed E-state index contributed by atoms with van der Waals surface area (Å²) in [5.74, 6) is 0. The number of nitrogens with zero attached hydrogens (tertiary/aromatic N) is 4. The van der Waals surface area contributed by atoms with Crippen LogP contribution in [0.2, 0.25) is 0 Å². The molecule has 0 radical (unpaired) electrons. The summed E-state index contributed by atoms with van der Waals surface area (Å²) in [6.07, 6.45) is 3.65. The van der Waals surface area contributed by atoms with Crippen molar-refractivity contribution in [2.45, 2.75) is 0 Å². The Bertz CT molecular complexity index is 3130. The fourth-order valence-corrected chi connectivity index (χ4v) is 8.63. The molecule has 60 heavy (non-hydrogen) atoms. The van der Waals surface area contributed by atoms with Gasteiger partial charge in [-0.25, -0.2) is 4.98 Å².